The molecule has 1 aliphatic rings. The summed E-state index contributed by atoms with van der Waals surface area (Å²) in [6, 6.07) is 10.5. The Balaban J connectivity index is 2.02. The number of para-hydroxylation sites is 1. The van der Waals surface area contributed by atoms with Crippen LogP contribution in [-0.2, 0) is 5.54 Å². The maximum absolute atomic E-state index is 6.62. The van der Waals surface area contributed by atoms with E-state index in [1.165, 1.54) is 23.8 Å². The molecule has 2 aromatic rings. The largest absolute Gasteiger partial charge is 0.321 e. The average molecular weight is 240 g/mol. The van der Waals surface area contributed by atoms with Crippen molar-refractivity contribution in [1.82, 2.24) is 4.98 Å². The molecule has 0 radical (unpaired) electrons. The number of pyridine rings is 1. The van der Waals surface area contributed by atoms with E-state index in [2.05, 4.69) is 30.1 Å². The summed E-state index contributed by atoms with van der Waals surface area (Å²) in [5, 5.41) is 1.19. The zero-order valence-electron chi connectivity index (χ0n) is 10.9. The molecule has 94 valence electrons. The standard InChI is InChI=1S/C16H20N2/c1-12-5-4-8-16(17,10-12)14-9-13-6-2-3-7-15(13)18-11-14/h2-3,6-7,9,11-12H,4-5,8,10,17H2,1H3. The van der Waals surface area contributed by atoms with Gasteiger partial charge in [-0.2, -0.15) is 0 Å². The minimum absolute atomic E-state index is 0.172. The highest BCUT2D eigenvalue weighted by molar-refractivity contribution is 5.79. The Hall–Kier alpha value is -1.41. The molecule has 2 heteroatoms. The van der Waals surface area contributed by atoms with Gasteiger partial charge in [-0.15, -0.1) is 0 Å². The Morgan fingerprint density at radius 2 is 2.17 bits per heavy atom. The molecule has 1 fully saturated rings. The Labute approximate surface area is 108 Å². The van der Waals surface area contributed by atoms with Crippen LogP contribution in [0.25, 0.3) is 10.9 Å². The molecule has 1 aromatic carbocycles. The van der Waals surface area contributed by atoms with Crippen LogP contribution in [0.3, 0.4) is 0 Å². The molecule has 1 aliphatic carbocycles. The van der Waals surface area contributed by atoms with Crippen molar-refractivity contribution < 1.29 is 0 Å². The number of nitrogens with two attached hydrogens (primary N) is 1. The lowest BCUT2D eigenvalue weighted by atomic mass is 9.73. The highest BCUT2D eigenvalue weighted by atomic mass is 14.8. The molecule has 2 nitrogen and oxygen atoms in total. The summed E-state index contributed by atoms with van der Waals surface area (Å²) in [5.41, 5.74) is 8.70. The fraction of sp³-hybridized carbons (Fsp3) is 0.438. The highest BCUT2D eigenvalue weighted by Gasteiger charge is 2.32. The van der Waals surface area contributed by atoms with E-state index in [0.29, 0.717) is 0 Å². The van der Waals surface area contributed by atoms with Gasteiger partial charge in [-0.25, -0.2) is 0 Å². The second kappa shape index (κ2) is 4.36. The number of hydrogen-bond acceptors (Lipinski definition) is 2. The van der Waals surface area contributed by atoms with Crippen molar-refractivity contribution >= 4 is 10.9 Å². The number of nitrogens with zero attached hydrogens (tertiary/aromatic N) is 1. The molecule has 1 saturated carbocycles. The first-order valence-corrected chi connectivity index (χ1v) is 6.81. The molecule has 0 aliphatic heterocycles. The first-order valence-electron chi connectivity index (χ1n) is 6.81. The predicted octanol–water partition coefficient (Wildman–Crippen LogP) is 3.60. The van der Waals surface area contributed by atoms with E-state index in [1.807, 2.05) is 18.3 Å². The molecule has 2 atom stereocenters. The lowest BCUT2D eigenvalue weighted by molar-refractivity contribution is 0.239. The molecule has 3 rings (SSSR count). The van der Waals surface area contributed by atoms with Gasteiger partial charge in [0.05, 0.1) is 5.52 Å². The number of hydrogen-bond donors (Lipinski definition) is 1. The molecule has 1 aromatic heterocycles. The third-order valence-electron chi connectivity index (χ3n) is 4.20. The molecule has 0 spiro atoms. The van der Waals surface area contributed by atoms with E-state index in [4.69, 9.17) is 5.73 Å². The van der Waals surface area contributed by atoms with E-state index in [9.17, 15) is 0 Å². The smallest absolute Gasteiger partial charge is 0.0702 e. The lowest BCUT2D eigenvalue weighted by Gasteiger charge is -2.37. The van der Waals surface area contributed by atoms with Crippen LogP contribution in [0.5, 0.6) is 0 Å². The Kier molecular flexibility index (Phi) is 2.83. The second-order valence-corrected chi connectivity index (χ2v) is 5.77. The van der Waals surface area contributed by atoms with E-state index in [-0.39, 0.29) is 5.54 Å². The quantitative estimate of drug-likeness (QED) is 0.827. The summed E-state index contributed by atoms with van der Waals surface area (Å²) in [6.07, 6.45) is 6.66. The average Bonchev–Trinajstić information content (AvgIpc) is 2.38. The predicted molar refractivity (Wildman–Crippen MR) is 75.2 cm³/mol. The van der Waals surface area contributed by atoms with Crippen LogP contribution in [-0.4, -0.2) is 4.98 Å². The lowest BCUT2D eigenvalue weighted by Crippen LogP contribution is -2.41. The minimum Gasteiger partial charge on any atom is -0.321 e. The Bertz CT molecular complexity index is 564. The number of benzene rings is 1. The molecular weight excluding hydrogens is 220 g/mol. The SMILES string of the molecule is CC1CCCC(N)(c2cnc3ccccc3c2)C1. The van der Waals surface area contributed by atoms with E-state index < -0.39 is 0 Å². The van der Waals surface area contributed by atoms with Crippen LogP contribution in [0, 0.1) is 5.92 Å². The third kappa shape index (κ3) is 2.01. The number of fused-ring (bicyclic) bond motifs is 1. The summed E-state index contributed by atoms with van der Waals surface area (Å²) >= 11 is 0. The van der Waals surface area contributed by atoms with Crippen LogP contribution in [0.2, 0.25) is 0 Å². The molecule has 2 N–H and O–H groups in total. The molecule has 0 amide bonds. The second-order valence-electron chi connectivity index (χ2n) is 5.77. The van der Waals surface area contributed by atoms with Gasteiger partial charge in [-0.3, -0.25) is 4.98 Å². The zero-order chi connectivity index (χ0) is 12.6. The minimum atomic E-state index is -0.172. The molecule has 0 saturated heterocycles. The molecule has 1 heterocycles. The van der Waals surface area contributed by atoms with Crippen LogP contribution in [0.15, 0.2) is 36.5 Å². The first kappa shape index (κ1) is 11.7. The molecule has 0 bridgehead atoms. The maximum Gasteiger partial charge on any atom is 0.0702 e. The molecule has 18 heavy (non-hydrogen) atoms. The van der Waals surface area contributed by atoms with Crippen molar-refractivity contribution in [2.45, 2.75) is 38.1 Å². The van der Waals surface area contributed by atoms with Gasteiger partial charge >= 0.3 is 0 Å². The fourth-order valence-electron chi connectivity index (χ4n) is 3.20. The van der Waals surface area contributed by atoms with Gasteiger partial charge in [-0.1, -0.05) is 38.0 Å². The van der Waals surface area contributed by atoms with Gasteiger partial charge in [0.1, 0.15) is 0 Å². The summed E-state index contributed by atoms with van der Waals surface area (Å²) in [5.74, 6) is 0.718. The van der Waals surface area contributed by atoms with Crippen LogP contribution < -0.4 is 5.73 Å². The highest BCUT2D eigenvalue weighted by Crippen LogP contribution is 2.38. The third-order valence-corrected chi connectivity index (χ3v) is 4.20. The van der Waals surface area contributed by atoms with Crippen molar-refractivity contribution in [2.75, 3.05) is 0 Å². The maximum atomic E-state index is 6.62. The summed E-state index contributed by atoms with van der Waals surface area (Å²) < 4.78 is 0. The first-order chi connectivity index (χ1) is 8.67. The fourth-order valence-corrected chi connectivity index (χ4v) is 3.20. The molecule has 2 unspecified atom stereocenters. The van der Waals surface area contributed by atoms with Crippen molar-refractivity contribution in [3.05, 3.63) is 42.1 Å². The molecular formula is C16H20N2. The van der Waals surface area contributed by atoms with E-state index in [0.717, 1.165) is 24.3 Å². The number of aromatic nitrogens is 1. The number of rotatable bonds is 1. The van der Waals surface area contributed by atoms with Crippen molar-refractivity contribution in [3.8, 4) is 0 Å². The zero-order valence-corrected chi connectivity index (χ0v) is 10.9. The summed E-state index contributed by atoms with van der Waals surface area (Å²) in [4.78, 5) is 4.55. The van der Waals surface area contributed by atoms with E-state index in [1.54, 1.807) is 0 Å². The van der Waals surface area contributed by atoms with Gasteiger partial charge in [0.15, 0.2) is 0 Å². The van der Waals surface area contributed by atoms with Crippen LogP contribution in [0.1, 0.15) is 38.2 Å². The van der Waals surface area contributed by atoms with Gasteiger partial charge in [0.2, 0.25) is 0 Å². The van der Waals surface area contributed by atoms with Gasteiger partial charge in [0.25, 0.3) is 0 Å². The Morgan fingerprint density at radius 1 is 1.33 bits per heavy atom. The van der Waals surface area contributed by atoms with Gasteiger partial charge in [-0.05, 0) is 36.5 Å². The Morgan fingerprint density at radius 3 is 3.00 bits per heavy atom. The normalized spacial score (nSPS) is 28.4. The summed E-state index contributed by atoms with van der Waals surface area (Å²) in [6.45, 7) is 2.30. The topological polar surface area (TPSA) is 38.9 Å². The summed E-state index contributed by atoms with van der Waals surface area (Å²) in [7, 11) is 0. The van der Waals surface area contributed by atoms with Crippen LogP contribution >= 0.6 is 0 Å². The van der Waals surface area contributed by atoms with Crippen molar-refractivity contribution in [2.24, 2.45) is 11.7 Å². The van der Waals surface area contributed by atoms with Crippen molar-refractivity contribution in [3.63, 3.8) is 0 Å². The van der Waals surface area contributed by atoms with E-state index >= 15 is 0 Å². The van der Waals surface area contributed by atoms with Gasteiger partial charge < -0.3 is 5.73 Å². The van der Waals surface area contributed by atoms with Crippen LogP contribution in [0.4, 0.5) is 0 Å². The van der Waals surface area contributed by atoms with Crippen molar-refractivity contribution in [1.29, 1.82) is 0 Å². The monoisotopic (exact) mass is 240 g/mol. The van der Waals surface area contributed by atoms with Gasteiger partial charge in [0, 0.05) is 17.1 Å².